The number of carbonyl (C=O) groups excluding carboxylic acids is 1. The maximum Gasteiger partial charge on any atom is 0.222 e. The Hall–Kier alpha value is -0.570. The second kappa shape index (κ2) is 8.57. The van der Waals surface area contributed by atoms with Gasteiger partial charge in [-0.1, -0.05) is 40.5 Å². The smallest absolute Gasteiger partial charge is 0.222 e. The van der Waals surface area contributed by atoms with Gasteiger partial charge in [0.2, 0.25) is 5.91 Å². The molecule has 0 aromatic carbocycles. The molecule has 112 valence electrons. The quantitative estimate of drug-likeness (QED) is 0.769. The van der Waals surface area contributed by atoms with Crippen LogP contribution in [-0.2, 0) is 4.79 Å². The van der Waals surface area contributed by atoms with Gasteiger partial charge in [0.15, 0.2) is 0 Å². The van der Waals surface area contributed by atoms with Gasteiger partial charge < -0.3 is 10.2 Å². The topological polar surface area (TPSA) is 32.3 Å². The number of hydrogen-bond acceptors (Lipinski definition) is 2. The highest BCUT2D eigenvalue weighted by atomic mass is 16.2. The number of rotatable bonds is 7. The number of nitrogens with one attached hydrogen (secondary N) is 1. The van der Waals surface area contributed by atoms with Crippen molar-refractivity contribution in [2.75, 3.05) is 19.6 Å². The molecule has 0 radical (unpaired) electrons. The Kier molecular flexibility index (Phi) is 7.44. The van der Waals surface area contributed by atoms with Gasteiger partial charge in [-0.2, -0.15) is 0 Å². The molecule has 19 heavy (non-hydrogen) atoms. The maximum absolute atomic E-state index is 12.0. The summed E-state index contributed by atoms with van der Waals surface area (Å²) in [4.78, 5) is 14.1. The highest BCUT2D eigenvalue weighted by molar-refractivity contribution is 5.76. The van der Waals surface area contributed by atoms with E-state index in [4.69, 9.17) is 0 Å². The molecule has 0 spiro atoms. The minimum absolute atomic E-state index is 0.317. The van der Waals surface area contributed by atoms with Crippen molar-refractivity contribution in [3.05, 3.63) is 0 Å². The SMILES string of the molecule is CCCCC1CC(NCC(C)C)CN(C(=O)CC)C1. The third kappa shape index (κ3) is 5.94. The van der Waals surface area contributed by atoms with E-state index in [0.29, 0.717) is 30.2 Å². The van der Waals surface area contributed by atoms with Crippen LogP contribution in [0.3, 0.4) is 0 Å². The fraction of sp³-hybridized carbons (Fsp3) is 0.938. The van der Waals surface area contributed by atoms with Gasteiger partial charge in [0.1, 0.15) is 0 Å². The standard InChI is InChI=1S/C16H32N2O/c1-5-7-8-14-9-15(17-10-13(3)4)12-18(11-14)16(19)6-2/h13-15,17H,5-12H2,1-4H3. The van der Waals surface area contributed by atoms with Crippen LogP contribution in [0.1, 0.15) is 59.8 Å². The van der Waals surface area contributed by atoms with Crippen LogP contribution >= 0.6 is 0 Å². The Bertz CT molecular complexity index is 265. The molecule has 0 aliphatic carbocycles. The van der Waals surface area contributed by atoms with Crippen molar-refractivity contribution in [1.82, 2.24) is 10.2 Å². The van der Waals surface area contributed by atoms with Gasteiger partial charge in [0, 0.05) is 25.6 Å². The zero-order valence-electron chi connectivity index (χ0n) is 13.2. The van der Waals surface area contributed by atoms with Crippen LogP contribution in [0.4, 0.5) is 0 Å². The molecule has 1 amide bonds. The summed E-state index contributed by atoms with van der Waals surface area (Å²) in [7, 11) is 0. The normalized spacial score (nSPS) is 23.9. The molecule has 1 N–H and O–H groups in total. The largest absolute Gasteiger partial charge is 0.341 e. The van der Waals surface area contributed by atoms with E-state index in [2.05, 4.69) is 31.0 Å². The average molecular weight is 268 g/mol. The molecule has 1 aliphatic heterocycles. The van der Waals surface area contributed by atoms with Gasteiger partial charge in [-0.05, 0) is 31.2 Å². The summed E-state index contributed by atoms with van der Waals surface area (Å²) in [5, 5.41) is 3.64. The minimum atomic E-state index is 0.317. The van der Waals surface area contributed by atoms with Crippen molar-refractivity contribution < 1.29 is 4.79 Å². The number of amides is 1. The zero-order valence-corrected chi connectivity index (χ0v) is 13.2. The van der Waals surface area contributed by atoms with Crippen molar-refractivity contribution >= 4 is 5.91 Å². The average Bonchev–Trinajstić information content (AvgIpc) is 2.41. The first-order valence-corrected chi connectivity index (χ1v) is 8.07. The molecular formula is C16H32N2O. The summed E-state index contributed by atoms with van der Waals surface area (Å²) in [5.74, 6) is 1.68. The molecule has 1 heterocycles. The van der Waals surface area contributed by atoms with Gasteiger partial charge in [0.05, 0.1) is 0 Å². The third-order valence-electron chi connectivity index (χ3n) is 3.97. The van der Waals surface area contributed by atoms with Crippen LogP contribution in [0.15, 0.2) is 0 Å². The predicted octanol–water partition coefficient (Wildman–Crippen LogP) is 3.05. The number of piperidine rings is 1. The summed E-state index contributed by atoms with van der Waals surface area (Å²) >= 11 is 0. The summed E-state index contributed by atoms with van der Waals surface area (Å²) in [6, 6.07) is 0.494. The lowest BCUT2D eigenvalue weighted by molar-refractivity contribution is -0.133. The van der Waals surface area contributed by atoms with Crippen LogP contribution in [0.25, 0.3) is 0 Å². The first kappa shape index (κ1) is 16.5. The first-order chi connectivity index (χ1) is 9.06. The van der Waals surface area contributed by atoms with Crippen LogP contribution in [-0.4, -0.2) is 36.5 Å². The molecule has 1 saturated heterocycles. The van der Waals surface area contributed by atoms with E-state index in [1.807, 2.05) is 6.92 Å². The van der Waals surface area contributed by atoms with Crippen LogP contribution in [0.5, 0.6) is 0 Å². The molecule has 3 nitrogen and oxygen atoms in total. The second-order valence-corrected chi connectivity index (χ2v) is 6.40. The van der Waals surface area contributed by atoms with E-state index >= 15 is 0 Å². The van der Waals surface area contributed by atoms with Gasteiger partial charge in [-0.25, -0.2) is 0 Å². The lowest BCUT2D eigenvalue weighted by Gasteiger charge is -2.38. The van der Waals surface area contributed by atoms with Crippen LogP contribution in [0, 0.1) is 11.8 Å². The van der Waals surface area contributed by atoms with Crippen molar-refractivity contribution in [3.8, 4) is 0 Å². The Morgan fingerprint density at radius 3 is 2.63 bits per heavy atom. The van der Waals surface area contributed by atoms with E-state index in [0.717, 1.165) is 19.6 Å². The summed E-state index contributed by atoms with van der Waals surface area (Å²) in [6.07, 6.45) is 5.68. The Labute approximate surface area is 119 Å². The molecule has 1 aliphatic rings. The molecule has 0 bridgehead atoms. The fourth-order valence-electron chi connectivity index (χ4n) is 2.88. The lowest BCUT2D eigenvalue weighted by atomic mass is 9.89. The molecule has 2 unspecified atom stereocenters. The Morgan fingerprint density at radius 1 is 1.32 bits per heavy atom. The molecule has 2 atom stereocenters. The van der Waals surface area contributed by atoms with E-state index in [9.17, 15) is 4.79 Å². The number of unbranched alkanes of at least 4 members (excludes halogenated alkanes) is 1. The predicted molar refractivity (Wildman–Crippen MR) is 81.1 cm³/mol. The van der Waals surface area contributed by atoms with Crippen molar-refractivity contribution in [2.45, 2.75) is 65.8 Å². The molecular weight excluding hydrogens is 236 g/mol. The van der Waals surface area contributed by atoms with Crippen LogP contribution in [0.2, 0.25) is 0 Å². The second-order valence-electron chi connectivity index (χ2n) is 6.40. The van der Waals surface area contributed by atoms with Gasteiger partial charge in [-0.3, -0.25) is 4.79 Å². The summed E-state index contributed by atoms with van der Waals surface area (Å²) in [5.41, 5.74) is 0. The molecule has 0 saturated carbocycles. The summed E-state index contributed by atoms with van der Waals surface area (Å²) < 4.78 is 0. The third-order valence-corrected chi connectivity index (χ3v) is 3.97. The number of likely N-dealkylation sites (tertiary alicyclic amines) is 1. The minimum Gasteiger partial charge on any atom is -0.341 e. The highest BCUT2D eigenvalue weighted by Crippen LogP contribution is 2.22. The van der Waals surface area contributed by atoms with Crippen molar-refractivity contribution in [3.63, 3.8) is 0 Å². The van der Waals surface area contributed by atoms with Crippen molar-refractivity contribution in [2.24, 2.45) is 11.8 Å². The van der Waals surface area contributed by atoms with Gasteiger partial charge in [0.25, 0.3) is 0 Å². The Balaban J connectivity index is 2.53. The van der Waals surface area contributed by atoms with Crippen LogP contribution < -0.4 is 5.32 Å². The molecule has 1 fully saturated rings. The molecule has 0 aromatic rings. The lowest BCUT2D eigenvalue weighted by Crippen LogP contribution is -2.51. The zero-order chi connectivity index (χ0) is 14.3. The summed E-state index contributed by atoms with van der Waals surface area (Å²) in [6.45, 7) is 11.6. The van der Waals surface area contributed by atoms with Crippen molar-refractivity contribution in [1.29, 1.82) is 0 Å². The van der Waals surface area contributed by atoms with E-state index in [-0.39, 0.29) is 0 Å². The monoisotopic (exact) mass is 268 g/mol. The van der Waals surface area contributed by atoms with Gasteiger partial charge in [-0.15, -0.1) is 0 Å². The number of hydrogen-bond donors (Lipinski definition) is 1. The Morgan fingerprint density at radius 2 is 2.05 bits per heavy atom. The first-order valence-electron chi connectivity index (χ1n) is 8.07. The number of nitrogens with zero attached hydrogens (tertiary/aromatic N) is 1. The molecule has 3 heteroatoms. The number of carbonyl (C=O) groups is 1. The van der Waals surface area contributed by atoms with E-state index < -0.39 is 0 Å². The highest BCUT2D eigenvalue weighted by Gasteiger charge is 2.28. The molecule has 0 aromatic heterocycles. The van der Waals surface area contributed by atoms with E-state index in [1.165, 1.54) is 25.7 Å². The maximum atomic E-state index is 12.0. The van der Waals surface area contributed by atoms with Gasteiger partial charge >= 0.3 is 0 Å². The molecule has 1 rings (SSSR count). The van der Waals surface area contributed by atoms with E-state index in [1.54, 1.807) is 0 Å². The fourth-order valence-corrected chi connectivity index (χ4v) is 2.88.